The lowest BCUT2D eigenvalue weighted by molar-refractivity contribution is 0.549. The summed E-state index contributed by atoms with van der Waals surface area (Å²) >= 11 is 9.78. The Morgan fingerprint density at radius 2 is 2.21 bits per heavy atom. The normalized spacial score (nSPS) is 18.6. The van der Waals surface area contributed by atoms with Gasteiger partial charge in [0.05, 0.1) is 16.4 Å². The van der Waals surface area contributed by atoms with Gasteiger partial charge in [-0.05, 0) is 31.6 Å². The smallest absolute Gasteiger partial charge is 0.0847 e. The summed E-state index contributed by atoms with van der Waals surface area (Å²) in [5, 5.41) is 6.24. The van der Waals surface area contributed by atoms with Crippen LogP contribution in [0, 0.1) is 12.3 Å². The minimum atomic E-state index is 0.462. The van der Waals surface area contributed by atoms with E-state index in [0.717, 1.165) is 22.5 Å². The molecular formula is C10H14BrClN2. The number of halogens is 2. The zero-order valence-corrected chi connectivity index (χ0v) is 10.8. The molecule has 1 aromatic heterocycles. The van der Waals surface area contributed by atoms with Gasteiger partial charge in [-0.3, -0.25) is 4.68 Å². The lowest BCUT2D eigenvalue weighted by atomic mass is 10.0. The zero-order chi connectivity index (χ0) is 10.3. The van der Waals surface area contributed by atoms with Crippen LogP contribution in [0.5, 0.6) is 0 Å². The monoisotopic (exact) mass is 276 g/mol. The molecule has 0 saturated heterocycles. The Hall–Kier alpha value is -0.0200. The summed E-state index contributed by atoms with van der Waals surface area (Å²) in [4.78, 5) is 0. The molecule has 1 aliphatic carbocycles. The van der Waals surface area contributed by atoms with E-state index < -0.39 is 0 Å². The molecule has 0 spiro atoms. The lowest BCUT2D eigenvalue weighted by Crippen LogP contribution is -2.10. The van der Waals surface area contributed by atoms with E-state index in [2.05, 4.69) is 21.0 Å². The first kappa shape index (κ1) is 10.5. The maximum atomic E-state index is 6.21. The van der Waals surface area contributed by atoms with Gasteiger partial charge in [0.1, 0.15) is 0 Å². The predicted molar refractivity (Wildman–Crippen MR) is 62.1 cm³/mol. The van der Waals surface area contributed by atoms with Crippen LogP contribution in [-0.4, -0.2) is 15.1 Å². The summed E-state index contributed by atoms with van der Waals surface area (Å²) in [7, 11) is 1.97. The fourth-order valence-electron chi connectivity index (χ4n) is 1.76. The molecule has 4 heteroatoms. The van der Waals surface area contributed by atoms with Gasteiger partial charge in [-0.1, -0.05) is 27.5 Å². The molecule has 0 amide bonds. The largest absolute Gasteiger partial charge is 0.271 e. The Labute approximate surface area is 97.8 Å². The molecule has 1 aromatic rings. The molecule has 0 aromatic carbocycles. The zero-order valence-electron chi connectivity index (χ0n) is 8.48. The van der Waals surface area contributed by atoms with Crippen molar-refractivity contribution in [2.45, 2.75) is 26.2 Å². The van der Waals surface area contributed by atoms with Crippen LogP contribution in [0.3, 0.4) is 0 Å². The highest BCUT2D eigenvalue weighted by atomic mass is 79.9. The van der Waals surface area contributed by atoms with Crippen molar-refractivity contribution in [2.75, 3.05) is 5.33 Å². The van der Waals surface area contributed by atoms with E-state index in [1.807, 2.05) is 18.7 Å². The maximum Gasteiger partial charge on any atom is 0.0847 e. The van der Waals surface area contributed by atoms with Gasteiger partial charge < -0.3 is 0 Å². The molecule has 78 valence electrons. The van der Waals surface area contributed by atoms with Crippen LogP contribution in [0.15, 0.2) is 0 Å². The molecule has 2 nitrogen and oxygen atoms in total. The van der Waals surface area contributed by atoms with Gasteiger partial charge in [-0.25, -0.2) is 0 Å². The number of alkyl halides is 1. The second-order valence-electron chi connectivity index (χ2n) is 4.28. The van der Waals surface area contributed by atoms with E-state index in [4.69, 9.17) is 11.6 Å². The van der Waals surface area contributed by atoms with Crippen molar-refractivity contribution in [1.29, 1.82) is 0 Å². The summed E-state index contributed by atoms with van der Waals surface area (Å²) in [6.07, 6.45) is 3.66. The highest BCUT2D eigenvalue weighted by Crippen LogP contribution is 2.50. The Balaban J connectivity index is 2.24. The van der Waals surface area contributed by atoms with Gasteiger partial charge in [-0.2, -0.15) is 5.10 Å². The third-order valence-corrected chi connectivity index (χ3v) is 4.73. The van der Waals surface area contributed by atoms with E-state index in [1.165, 1.54) is 18.5 Å². The first-order chi connectivity index (χ1) is 6.58. The van der Waals surface area contributed by atoms with Crippen molar-refractivity contribution < 1.29 is 0 Å². The standard InChI is InChI=1S/C10H14BrClN2/c1-7-9(12)8(14(2)13-7)5-10(6-11)3-4-10/h3-6H2,1-2H3. The molecule has 2 rings (SSSR count). The van der Waals surface area contributed by atoms with Gasteiger partial charge >= 0.3 is 0 Å². The van der Waals surface area contributed by atoms with E-state index in [0.29, 0.717) is 5.41 Å². The first-order valence-electron chi connectivity index (χ1n) is 4.82. The number of hydrogen-bond acceptors (Lipinski definition) is 1. The SMILES string of the molecule is Cc1nn(C)c(CC2(CBr)CC2)c1Cl. The molecule has 1 heterocycles. The van der Waals surface area contributed by atoms with E-state index >= 15 is 0 Å². The molecule has 0 bridgehead atoms. The van der Waals surface area contributed by atoms with Gasteiger partial charge in [0, 0.05) is 12.4 Å². The van der Waals surface area contributed by atoms with Gasteiger partial charge in [0.15, 0.2) is 0 Å². The van der Waals surface area contributed by atoms with Crippen LogP contribution in [-0.2, 0) is 13.5 Å². The molecular weight excluding hydrogens is 263 g/mol. The fraction of sp³-hybridized carbons (Fsp3) is 0.700. The first-order valence-corrected chi connectivity index (χ1v) is 6.32. The summed E-state index contributed by atoms with van der Waals surface area (Å²) in [6, 6.07) is 0. The van der Waals surface area contributed by atoms with Crippen LogP contribution in [0.4, 0.5) is 0 Å². The predicted octanol–water partition coefficient (Wildman–Crippen LogP) is 3.10. The average molecular weight is 278 g/mol. The Morgan fingerprint density at radius 1 is 1.57 bits per heavy atom. The minimum Gasteiger partial charge on any atom is -0.271 e. The summed E-state index contributed by atoms with van der Waals surface area (Å²) < 4.78 is 1.92. The lowest BCUT2D eigenvalue weighted by Gasteiger charge is -2.11. The van der Waals surface area contributed by atoms with E-state index in [-0.39, 0.29) is 0 Å². The van der Waals surface area contributed by atoms with Crippen molar-refractivity contribution in [3.63, 3.8) is 0 Å². The van der Waals surface area contributed by atoms with Crippen LogP contribution >= 0.6 is 27.5 Å². The number of nitrogens with zero attached hydrogens (tertiary/aromatic N) is 2. The van der Waals surface area contributed by atoms with Crippen LogP contribution in [0.25, 0.3) is 0 Å². The van der Waals surface area contributed by atoms with Crippen LogP contribution in [0.2, 0.25) is 5.02 Å². The van der Waals surface area contributed by atoms with Crippen LogP contribution < -0.4 is 0 Å². The minimum absolute atomic E-state index is 0.462. The number of rotatable bonds is 3. The Bertz CT molecular complexity index is 355. The van der Waals surface area contributed by atoms with E-state index in [1.54, 1.807) is 0 Å². The average Bonchev–Trinajstić information content (AvgIpc) is 2.88. The van der Waals surface area contributed by atoms with E-state index in [9.17, 15) is 0 Å². The number of aryl methyl sites for hydroxylation is 2. The number of hydrogen-bond donors (Lipinski definition) is 0. The maximum absolute atomic E-state index is 6.21. The molecule has 0 atom stereocenters. The number of aromatic nitrogens is 2. The highest BCUT2D eigenvalue weighted by molar-refractivity contribution is 9.09. The molecule has 1 saturated carbocycles. The molecule has 1 aliphatic rings. The summed E-state index contributed by atoms with van der Waals surface area (Å²) in [5.41, 5.74) is 2.58. The van der Waals surface area contributed by atoms with Crippen LogP contribution in [0.1, 0.15) is 24.2 Å². The molecule has 0 radical (unpaired) electrons. The second-order valence-corrected chi connectivity index (χ2v) is 5.22. The van der Waals surface area contributed by atoms with Gasteiger partial charge in [-0.15, -0.1) is 0 Å². The highest BCUT2D eigenvalue weighted by Gasteiger charge is 2.42. The second kappa shape index (κ2) is 3.53. The quantitative estimate of drug-likeness (QED) is 0.776. The molecule has 0 unspecified atom stereocenters. The van der Waals surface area contributed by atoms with Crippen molar-refractivity contribution in [3.05, 3.63) is 16.4 Å². The molecule has 0 N–H and O–H groups in total. The van der Waals surface area contributed by atoms with Crippen molar-refractivity contribution in [3.8, 4) is 0 Å². The molecule has 0 aliphatic heterocycles. The molecule has 14 heavy (non-hydrogen) atoms. The summed E-state index contributed by atoms with van der Waals surface area (Å²) in [6.45, 7) is 1.96. The fourth-order valence-corrected chi connectivity index (χ4v) is 2.75. The van der Waals surface area contributed by atoms with Crippen molar-refractivity contribution >= 4 is 27.5 Å². The molecule has 1 fully saturated rings. The third kappa shape index (κ3) is 1.72. The Kier molecular flexibility index (Phi) is 2.64. The van der Waals surface area contributed by atoms with Gasteiger partial charge in [0.25, 0.3) is 0 Å². The summed E-state index contributed by atoms with van der Waals surface area (Å²) in [5.74, 6) is 0. The topological polar surface area (TPSA) is 17.8 Å². The van der Waals surface area contributed by atoms with Crippen molar-refractivity contribution in [2.24, 2.45) is 12.5 Å². The van der Waals surface area contributed by atoms with Crippen molar-refractivity contribution in [1.82, 2.24) is 9.78 Å². The third-order valence-electron chi connectivity index (χ3n) is 3.04. The Morgan fingerprint density at radius 3 is 2.57 bits per heavy atom. The van der Waals surface area contributed by atoms with Gasteiger partial charge in [0.2, 0.25) is 0 Å².